The van der Waals surface area contributed by atoms with Crippen LogP contribution >= 0.6 is 0 Å². The lowest BCUT2D eigenvalue weighted by molar-refractivity contribution is 0.116. The number of nitrogens with one attached hydrogen (secondary N) is 1. The van der Waals surface area contributed by atoms with Crippen LogP contribution in [0.25, 0.3) is 0 Å². The lowest BCUT2D eigenvalue weighted by atomic mass is 9.93. The Balaban J connectivity index is 0.947. The number of fused-ring (bicyclic) bond motifs is 2. The van der Waals surface area contributed by atoms with Gasteiger partial charge in [-0.1, -0.05) is 12.1 Å². The molecule has 1 saturated carbocycles. The highest BCUT2D eigenvalue weighted by atomic mass is 16.5. The monoisotopic (exact) mass is 695 g/mol. The van der Waals surface area contributed by atoms with Crippen molar-refractivity contribution in [3.63, 3.8) is 0 Å². The number of aryl methyl sites for hydroxylation is 1. The predicted octanol–water partition coefficient (Wildman–Crippen LogP) is 3.13. The smallest absolute Gasteiger partial charge is 0.346 e. The van der Waals surface area contributed by atoms with Crippen LogP contribution in [-0.4, -0.2) is 131 Å². The Morgan fingerprint density at radius 2 is 1.92 bits per heavy atom. The van der Waals surface area contributed by atoms with Gasteiger partial charge in [-0.05, 0) is 80.5 Å². The van der Waals surface area contributed by atoms with Gasteiger partial charge in [0.05, 0.1) is 18.8 Å². The quantitative estimate of drug-likeness (QED) is 0.298. The van der Waals surface area contributed by atoms with E-state index in [1.807, 2.05) is 6.07 Å². The van der Waals surface area contributed by atoms with Crippen LogP contribution in [0.15, 0.2) is 24.5 Å². The summed E-state index contributed by atoms with van der Waals surface area (Å²) in [4.78, 5) is 35.9. The fraction of sp³-hybridized carbons (Fsp3) is 0.622. The van der Waals surface area contributed by atoms with E-state index in [0.29, 0.717) is 37.7 Å². The van der Waals surface area contributed by atoms with Gasteiger partial charge in [0.15, 0.2) is 0 Å². The lowest BCUT2D eigenvalue weighted by Crippen LogP contribution is -2.50. The number of nitriles is 1. The molecule has 2 saturated heterocycles. The molecule has 2 atom stereocenters. The summed E-state index contributed by atoms with van der Waals surface area (Å²) in [6, 6.07) is 9.32. The molecular formula is C37H49N11O3. The Kier molecular flexibility index (Phi) is 10.0. The van der Waals surface area contributed by atoms with Crippen molar-refractivity contribution in [2.75, 3.05) is 89.4 Å². The van der Waals surface area contributed by atoms with E-state index in [1.54, 1.807) is 17.6 Å². The number of piperazine rings is 1. The minimum absolute atomic E-state index is 0.00499. The van der Waals surface area contributed by atoms with Gasteiger partial charge in [-0.3, -0.25) is 9.80 Å². The molecule has 14 heteroatoms. The molecule has 1 amide bonds. The molecule has 5 heterocycles. The van der Waals surface area contributed by atoms with E-state index in [-0.39, 0.29) is 11.9 Å². The molecule has 3 aliphatic heterocycles. The number of hydrogen-bond donors (Lipinski definition) is 1. The highest BCUT2D eigenvalue weighted by Crippen LogP contribution is 2.52. The summed E-state index contributed by atoms with van der Waals surface area (Å²) in [5.41, 5.74) is 6.77. The van der Waals surface area contributed by atoms with Crippen LogP contribution in [-0.2, 0) is 24.1 Å². The average molecular weight is 696 g/mol. The molecular weight excluding hydrogens is 646 g/mol. The van der Waals surface area contributed by atoms with E-state index in [4.69, 9.17) is 24.7 Å². The minimum Gasteiger partial charge on any atom is -0.462 e. The second kappa shape index (κ2) is 15.1. The SMILES string of the molecule is COCCN1CCC[C@H]1COc1nc2c(c(NCCN3CCN(C(=O)n4cnc(C#N)n4)CC3)n1)CCN(c1cccc3c1C(C1CC1)CC3)C2. The van der Waals surface area contributed by atoms with Crippen molar-refractivity contribution in [1.82, 2.24) is 39.4 Å². The zero-order chi connectivity index (χ0) is 34.7. The maximum absolute atomic E-state index is 12.8. The molecule has 270 valence electrons. The van der Waals surface area contributed by atoms with E-state index in [1.165, 1.54) is 55.2 Å². The van der Waals surface area contributed by atoms with Crippen LogP contribution in [0.4, 0.5) is 16.3 Å². The van der Waals surface area contributed by atoms with Gasteiger partial charge < -0.3 is 24.6 Å². The molecule has 0 radical (unpaired) electrons. The van der Waals surface area contributed by atoms with Crippen molar-refractivity contribution in [2.45, 2.75) is 63.5 Å². The molecule has 3 aromatic rings. The number of ether oxygens (including phenoxy) is 2. The van der Waals surface area contributed by atoms with Crippen molar-refractivity contribution < 1.29 is 14.3 Å². The highest BCUT2D eigenvalue weighted by molar-refractivity contribution is 5.75. The van der Waals surface area contributed by atoms with Crippen LogP contribution in [0, 0.1) is 17.2 Å². The maximum Gasteiger partial charge on any atom is 0.346 e. The number of aromatic nitrogens is 5. The highest BCUT2D eigenvalue weighted by Gasteiger charge is 2.39. The molecule has 0 bridgehead atoms. The Bertz CT molecular complexity index is 1750. The topological polar surface area (TPSA) is 141 Å². The summed E-state index contributed by atoms with van der Waals surface area (Å²) < 4.78 is 12.9. The van der Waals surface area contributed by atoms with Gasteiger partial charge in [0.2, 0.25) is 0 Å². The number of anilines is 2. The van der Waals surface area contributed by atoms with Crippen molar-refractivity contribution in [2.24, 2.45) is 5.92 Å². The average Bonchev–Trinajstić information content (AvgIpc) is 3.51. The van der Waals surface area contributed by atoms with Crippen LogP contribution in [0.2, 0.25) is 0 Å². The number of nitrogens with zero attached hydrogens (tertiary/aromatic N) is 10. The number of amides is 1. The molecule has 1 N–H and O–H groups in total. The molecule has 5 aliphatic rings. The number of carbonyl (C=O) groups excluding carboxylic acids is 1. The van der Waals surface area contributed by atoms with E-state index < -0.39 is 0 Å². The number of likely N-dealkylation sites (tertiary alicyclic amines) is 1. The van der Waals surface area contributed by atoms with Gasteiger partial charge in [-0.25, -0.2) is 9.78 Å². The first kappa shape index (κ1) is 33.8. The second-order valence-corrected chi connectivity index (χ2v) is 14.6. The largest absolute Gasteiger partial charge is 0.462 e. The summed E-state index contributed by atoms with van der Waals surface area (Å²) in [6.45, 7) is 9.17. The fourth-order valence-corrected chi connectivity index (χ4v) is 8.57. The van der Waals surface area contributed by atoms with Crippen molar-refractivity contribution in [3.05, 3.63) is 52.7 Å². The van der Waals surface area contributed by atoms with Gasteiger partial charge in [-0.15, -0.1) is 5.10 Å². The van der Waals surface area contributed by atoms with Gasteiger partial charge in [-0.2, -0.15) is 19.9 Å². The number of methoxy groups -OCH3 is 1. The third kappa shape index (κ3) is 7.38. The van der Waals surface area contributed by atoms with Gasteiger partial charge >= 0.3 is 12.0 Å². The zero-order valence-electron chi connectivity index (χ0n) is 29.7. The van der Waals surface area contributed by atoms with E-state index in [2.05, 4.69) is 48.3 Å². The Morgan fingerprint density at radius 3 is 2.73 bits per heavy atom. The standard InChI is InChI=1S/C37H49N11O3/c1-50-21-20-45-13-3-5-28(45)24-51-36-41-31-23-47(32-6-2-4-27-9-10-29(34(27)32)26-7-8-26)14-11-30(31)35(42-36)39-12-15-44-16-18-46(19-17-44)37(49)48-25-40-33(22-38)43-48/h2,4,6,25-26,28-29H,3,5,7-21,23-24H2,1H3,(H,39,41,42)/t28-,29?/m0/s1. The van der Waals surface area contributed by atoms with Crippen LogP contribution < -0.4 is 15.0 Å². The molecule has 51 heavy (non-hydrogen) atoms. The normalized spacial score (nSPS) is 22.1. The minimum atomic E-state index is -0.251. The van der Waals surface area contributed by atoms with Crippen LogP contribution in [0.3, 0.4) is 0 Å². The molecule has 3 fully saturated rings. The van der Waals surface area contributed by atoms with Crippen molar-refractivity contribution >= 4 is 17.5 Å². The van der Waals surface area contributed by atoms with Crippen LogP contribution in [0.1, 0.15) is 66.2 Å². The van der Waals surface area contributed by atoms with Gasteiger partial charge in [0, 0.05) is 76.8 Å². The molecule has 1 unspecified atom stereocenters. The number of hydrogen-bond acceptors (Lipinski definition) is 12. The van der Waals surface area contributed by atoms with Crippen molar-refractivity contribution in [3.8, 4) is 12.1 Å². The molecule has 1 aromatic carbocycles. The summed E-state index contributed by atoms with van der Waals surface area (Å²) in [7, 11) is 1.75. The fourth-order valence-electron chi connectivity index (χ4n) is 8.57. The third-order valence-corrected chi connectivity index (χ3v) is 11.5. The van der Waals surface area contributed by atoms with Gasteiger partial charge in [0.25, 0.3) is 5.82 Å². The predicted molar refractivity (Wildman–Crippen MR) is 191 cm³/mol. The van der Waals surface area contributed by atoms with E-state index in [9.17, 15) is 4.79 Å². The third-order valence-electron chi connectivity index (χ3n) is 11.5. The molecule has 8 rings (SSSR count). The Morgan fingerprint density at radius 1 is 1.04 bits per heavy atom. The molecule has 2 aromatic heterocycles. The van der Waals surface area contributed by atoms with Crippen LogP contribution in [0.5, 0.6) is 6.01 Å². The zero-order valence-corrected chi connectivity index (χ0v) is 29.7. The summed E-state index contributed by atoms with van der Waals surface area (Å²) >= 11 is 0. The number of rotatable bonds is 12. The van der Waals surface area contributed by atoms with E-state index in [0.717, 1.165) is 93.9 Å². The number of benzene rings is 1. The molecule has 2 aliphatic carbocycles. The summed E-state index contributed by atoms with van der Waals surface area (Å²) in [6.07, 6.45) is 9.67. The number of carbonyl (C=O) groups is 1. The lowest BCUT2D eigenvalue weighted by Gasteiger charge is -2.35. The maximum atomic E-state index is 12.8. The molecule has 0 spiro atoms. The summed E-state index contributed by atoms with van der Waals surface area (Å²) in [5.74, 6) is 2.43. The molecule has 14 nitrogen and oxygen atoms in total. The Labute approximate surface area is 299 Å². The Hall–Kier alpha value is -4.32. The van der Waals surface area contributed by atoms with Gasteiger partial charge in [0.1, 0.15) is 24.8 Å². The van der Waals surface area contributed by atoms with E-state index >= 15 is 0 Å². The first-order valence-corrected chi connectivity index (χ1v) is 18.8. The second-order valence-electron chi connectivity index (χ2n) is 14.6. The summed E-state index contributed by atoms with van der Waals surface area (Å²) in [5, 5.41) is 16.6. The first-order chi connectivity index (χ1) is 25.1. The van der Waals surface area contributed by atoms with Crippen molar-refractivity contribution in [1.29, 1.82) is 5.26 Å². The first-order valence-electron chi connectivity index (χ1n) is 18.8.